The van der Waals surface area contributed by atoms with Gasteiger partial charge in [-0.25, -0.2) is 0 Å². The summed E-state index contributed by atoms with van der Waals surface area (Å²) in [5, 5.41) is 24.2. The molecule has 108 valence electrons. The van der Waals surface area contributed by atoms with Gasteiger partial charge in [0.05, 0.1) is 0 Å². The van der Waals surface area contributed by atoms with Crippen LogP contribution in [0.1, 0.15) is 30.8 Å². The molecular formula is C14H18ClN3OS. The van der Waals surface area contributed by atoms with Gasteiger partial charge in [-0.15, -0.1) is 10.2 Å². The van der Waals surface area contributed by atoms with E-state index in [9.17, 15) is 5.11 Å². The van der Waals surface area contributed by atoms with Crippen LogP contribution in [-0.4, -0.2) is 21.8 Å². The molecule has 1 unspecified atom stereocenters. The lowest BCUT2D eigenvalue weighted by Crippen LogP contribution is -2.30. The summed E-state index contributed by atoms with van der Waals surface area (Å²) in [6.07, 6.45) is 1.99. The number of benzene rings is 1. The van der Waals surface area contributed by atoms with Gasteiger partial charge in [-0.2, -0.15) is 0 Å². The predicted octanol–water partition coefficient (Wildman–Crippen LogP) is 3.46. The van der Waals surface area contributed by atoms with E-state index in [1.807, 2.05) is 12.1 Å². The number of aromatic nitrogens is 2. The van der Waals surface area contributed by atoms with Crippen molar-refractivity contribution in [3.63, 3.8) is 0 Å². The van der Waals surface area contributed by atoms with Gasteiger partial charge in [-0.05, 0) is 31.0 Å². The first-order valence-corrected chi connectivity index (χ1v) is 7.75. The molecule has 2 N–H and O–H groups in total. The molecule has 0 fully saturated rings. The fraction of sp³-hybridized carbons (Fsp3) is 0.429. The van der Waals surface area contributed by atoms with Crippen molar-refractivity contribution in [2.24, 2.45) is 0 Å². The van der Waals surface area contributed by atoms with Crippen LogP contribution in [-0.2, 0) is 12.0 Å². The molecule has 0 spiro atoms. The lowest BCUT2D eigenvalue weighted by Gasteiger charge is -2.24. The summed E-state index contributed by atoms with van der Waals surface area (Å²) in [7, 11) is 0. The number of hydrogen-bond donors (Lipinski definition) is 2. The van der Waals surface area contributed by atoms with E-state index in [0.717, 1.165) is 28.5 Å². The highest BCUT2D eigenvalue weighted by Crippen LogP contribution is 2.25. The number of rotatable bonds is 6. The van der Waals surface area contributed by atoms with Gasteiger partial charge in [0, 0.05) is 18.0 Å². The van der Waals surface area contributed by atoms with Crippen molar-refractivity contribution in [1.82, 2.24) is 10.2 Å². The summed E-state index contributed by atoms with van der Waals surface area (Å²) < 4.78 is 0. The molecule has 6 heteroatoms. The fourth-order valence-electron chi connectivity index (χ4n) is 1.81. The average Bonchev–Trinajstić information content (AvgIpc) is 2.85. The van der Waals surface area contributed by atoms with Gasteiger partial charge in [0.15, 0.2) is 0 Å². The van der Waals surface area contributed by atoms with Crippen LogP contribution in [0.4, 0.5) is 5.13 Å². The summed E-state index contributed by atoms with van der Waals surface area (Å²) in [6, 6.07) is 7.24. The summed E-state index contributed by atoms with van der Waals surface area (Å²) in [6.45, 7) is 4.21. The summed E-state index contributed by atoms with van der Waals surface area (Å²) >= 11 is 7.48. The van der Waals surface area contributed by atoms with Crippen LogP contribution in [0, 0.1) is 0 Å². The number of aryl methyl sites for hydroxylation is 1. The lowest BCUT2D eigenvalue weighted by atomic mass is 9.96. The third-order valence-electron chi connectivity index (χ3n) is 2.96. The minimum absolute atomic E-state index is 0.355. The van der Waals surface area contributed by atoms with Crippen LogP contribution < -0.4 is 5.32 Å². The van der Waals surface area contributed by atoms with E-state index in [-0.39, 0.29) is 0 Å². The van der Waals surface area contributed by atoms with Crippen LogP contribution in [0.3, 0.4) is 0 Å². The van der Waals surface area contributed by atoms with Crippen molar-refractivity contribution < 1.29 is 5.11 Å². The number of hydrogen-bond acceptors (Lipinski definition) is 5. The summed E-state index contributed by atoms with van der Waals surface area (Å²) in [5.41, 5.74) is -0.239. The Morgan fingerprint density at radius 1 is 1.40 bits per heavy atom. The van der Waals surface area contributed by atoms with E-state index >= 15 is 0 Å². The van der Waals surface area contributed by atoms with Crippen molar-refractivity contribution in [2.75, 3.05) is 11.9 Å². The lowest BCUT2D eigenvalue weighted by molar-refractivity contribution is 0.0715. The van der Waals surface area contributed by atoms with E-state index in [4.69, 9.17) is 11.6 Å². The van der Waals surface area contributed by atoms with Crippen LogP contribution in [0.5, 0.6) is 0 Å². The van der Waals surface area contributed by atoms with Gasteiger partial charge in [-0.3, -0.25) is 0 Å². The van der Waals surface area contributed by atoms with Crippen molar-refractivity contribution in [1.29, 1.82) is 0 Å². The molecule has 0 amide bonds. The van der Waals surface area contributed by atoms with Gasteiger partial charge in [0.2, 0.25) is 5.13 Å². The number of nitrogens with zero attached hydrogens (tertiary/aromatic N) is 2. The molecule has 2 aromatic rings. The first-order chi connectivity index (χ1) is 9.51. The summed E-state index contributed by atoms with van der Waals surface area (Å²) in [4.78, 5) is 0. The van der Waals surface area contributed by atoms with Crippen molar-refractivity contribution >= 4 is 28.1 Å². The Kier molecular flexibility index (Phi) is 4.96. The molecule has 0 saturated heterocycles. The highest BCUT2D eigenvalue weighted by molar-refractivity contribution is 7.15. The van der Waals surface area contributed by atoms with Gasteiger partial charge < -0.3 is 10.4 Å². The molecule has 1 heterocycles. The van der Waals surface area contributed by atoms with E-state index < -0.39 is 5.60 Å². The third-order valence-corrected chi connectivity index (χ3v) is 4.14. The van der Waals surface area contributed by atoms with Crippen LogP contribution in [0.25, 0.3) is 0 Å². The topological polar surface area (TPSA) is 58.0 Å². The SMILES string of the molecule is CCCc1nnc(NCC(C)(O)c2cccc(Cl)c2)s1. The Morgan fingerprint density at radius 3 is 2.90 bits per heavy atom. The maximum Gasteiger partial charge on any atom is 0.205 e. The molecule has 1 atom stereocenters. The molecule has 2 rings (SSSR count). The Bertz CT molecular complexity index is 571. The average molecular weight is 312 g/mol. The van der Waals surface area contributed by atoms with Crippen molar-refractivity contribution in [3.8, 4) is 0 Å². The first kappa shape index (κ1) is 15.2. The molecular weight excluding hydrogens is 294 g/mol. The number of aliphatic hydroxyl groups is 1. The van der Waals surface area contributed by atoms with Crippen molar-refractivity contribution in [3.05, 3.63) is 39.9 Å². The molecule has 0 bridgehead atoms. The van der Waals surface area contributed by atoms with Gasteiger partial charge >= 0.3 is 0 Å². The molecule has 0 aliphatic carbocycles. The second kappa shape index (κ2) is 6.52. The van der Waals surface area contributed by atoms with Gasteiger partial charge in [0.25, 0.3) is 0 Å². The molecule has 0 aliphatic rings. The Balaban J connectivity index is 2.01. The van der Waals surface area contributed by atoms with E-state index in [1.54, 1.807) is 19.1 Å². The van der Waals surface area contributed by atoms with Crippen molar-refractivity contribution in [2.45, 2.75) is 32.3 Å². The molecule has 1 aromatic carbocycles. The number of anilines is 1. The Morgan fingerprint density at radius 2 is 2.20 bits per heavy atom. The zero-order chi connectivity index (χ0) is 14.6. The van der Waals surface area contributed by atoms with Crippen LogP contribution >= 0.6 is 22.9 Å². The second-order valence-electron chi connectivity index (χ2n) is 4.89. The second-order valence-corrected chi connectivity index (χ2v) is 6.39. The maximum absolute atomic E-state index is 10.5. The molecule has 0 saturated carbocycles. The Hall–Kier alpha value is -1.17. The standard InChI is InChI=1S/C14H18ClN3OS/c1-3-5-12-17-18-13(20-12)16-9-14(2,19)10-6-4-7-11(15)8-10/h4,6-8,19H,3,5,9H2,1-2H3,(H,16,18). The zero-order valence-electron chi connectivity index (χ0n) is 11.6. The monoisotopic (exact) mass is 311 g/mol. The highest BCUT2D eigenvalue weighted by Gasteiger charge is 2.23. The van der Waals surface area contributed by atoms with Crippen LogP contribution in [0.2, 0.25) is 5.02 Å². The molecule has 1 aromatic heterocycles. The van der Waals surface area contributed by atoms with E-state index in [2.05, 4.69) is 22.4 Å². The summed E-state index contributed by atoms with van der Waals surface area (Å²) in [5.74, 6) is 0. The van der Waals surface area contributed by atoms with E-state index in [1.165, 1.54) is 11.3 Å². The fourth-order valence-corrected chi connectivity index (χ4v) is 2.84. The minimum atomic E-state index is -1.01. The van der Waals surface area contributed by atoms with Gasteiger partial charge in [-0.1, -0.05) is 42.0 Å². The third kappa shape index (κ3) is 3.91. The molecule has 0 radical (unpaired) electrons. The Labute approximate surface area is 127 Å². The van der Waals surface area contributed by atoms with Crippen LogP contribution in [0.15, 0.2) is 24.3 Å². The smallest absolute Gasteiger partial charge is 0.205 e. The minimum Gasteiger partial charge on any atom is -0.384 e. The predicted molar refractivity (Wildman–Crippen MR) is 83.4 cm³/mol. The number of halogens is 1. The van der Waals surface area contributed by atoms with E-state index in [0.29, 0.717) is 11.6 Å². The molecule has 4 nitrogen and oxygen atoms in total. The quantitative estimate of drug-likeness (QED) is 0.857. The van der Waals surface area contributed by atoms with Gasteiger partial charge in [0.1, 0.15) is 10.6 Å². The normalized spacial score (nSPS) is 14.0. The molecule has 20 heavy (non-hydrogen) atoms. The first-order valence-electron chi connectivity index (χ1n) is 6.56. The largest absolute Gasteiger partial charge is 0.384 e. The number of nitrogens with one attached hydrogen (secondary N) is 1. The molecule has 0 aliphatic heterocycles. The zero-order valence-corrected chi connectivity index (χ0v) is 13.1. The highest BCUT2D eigenvalue weighted by atomic mass is 35.5. The maximum atomic E-state index is 10.5.